The molecular weight excluding hydrogens is 578 g/mol. The van der Waals surface area contributed by atoms with E-state index in [1.54, 1.807) is 46.5 Å². The number of anilines is 1. The van der Waals surface area contributed by atoms with Crippen molar-refractivity contribution in [2.75, 3.05) is 50.3 Å². The van der Waals surface area contributed by atoms with Crippen molar-refractivity contribution < 1.29 is 26.7 Å². The van der Waals surface area contributed by atoms with Crippen molar-refractivity contribution >= 4 is 32.7 Å². The summed E-state index contributed by atoms with van der Waals surface area (Å²) in [6.45, 7) is 1.37. The topological polar surface area (TPSA) is 131 Å². The predicted molar refractivity (Wildman–Crippen MR) is 158 cm³/mol. The molecule has 43 heavy (non-hydrogen) atoms. The third-order valence-electron chi connectivity index (χ3n) is 7.59. The first-order valence-corrected chi connectivity index (χ1v) is 15.5. The number of hydrogen-bond donors (Lipinski definition) is 2. The Kier molecular flexibility index (Phi) is 7.27. The molecule has 10 nitrogen and oxygen atoms in total. The van der Waals surface area contributed by atoms with Gasteiger partial charge in [0.2, 0.25) is 10.0 Å². The number of alkyl halides is 2. The van der Waals surface area contributed by atoms with Crippen LogP contribution in [0.1, 0.15) is 22.3 Å². The van der Waals surface area contributed by atoms with Crippen molar-refractivity contribution in [2.24, 2.45) is 0 Å². The number of aromatic nitrogens is 2. The molecule has 0 radical (unpaired) electrons. The maximum atomic E-state index is 13.6. The molecule has 1 fully saturated rings. The fourth-order valence-electron chi connectivity index (χ4n) is 5.53. The zero-order chi connectivity index (χ0) is 30.4. The van der Waals surface area contributed by atoms with E-state index in [-0.39, 0.29) is 31.2 Å². The summed E-state index contributed by atoms with van der Waals surface area (Å²) >= 11 is 0. The van der Waals surface area contributed by atoms with E-state index in [0.29, 0.717) is 54.3 Å². The van der Waals surface area contributed by atoms with Crippen LogP contribution in [-0.2, 0) is 10.0 Å². The number of likely N-dealkylation sites (tertiary alicyclic amines) is 1. The van der Waals surface area contributed by atoms with E-state index in [0.717, 1.165) is 28.3 Å². The highest BCUT2D eigenvalue weighted by Gasteiger charge is 2.38. The van der Waals surface area contributed by atoms with Crippen molar-refractivity contribution in [3.8, 4) is 34.1 Å². The van der Waals surface area contributed by atoms with Gasteiger partial charge >= 0.3 is 0 Å². The summed E-state index contributed by atoms with van der Waals surface area (Å²) in [6.07, 6.45) is 4.33. The maximum Gasteiger partial charge on any atom is 0.261 e. The number of hydrogen-bond acceptors (Lipinski definition) is 7. The van der Waals surface area contributed by atoms with Crippen LogP contribution < -0.4 is 9.46 Å². The summed E-state index contributed by atoms with van der Waals surface area (Å²) in [4.78, 5) is 24.3. The summed E-state index contributed by atoms with van der Waals surface area (Å²) in [5.41, 5.74) is 4.46. The van der Waals surface area contributed by atoms with Crippen LogP contribution in [0.2, 0.25) is 0 Å². The smallest absolute Gasteiger partial charge is 0.261 e. The van der Waals surface area contributed by atoms with Crippen LogP contribution in [0, 0.1) is 11.3 Å². The van der Waals surface area contributed by atoms with Gasteiger partial charge in [-0.3, -0.25) is 14.4 Å². The number of benzene rings is 2. The minimum atomic E-state index is -3.55. The lowest BCUT2D eigenvalue weighted by Gasteiger charge is -2.23. The molecule has 2 aromatic carbocycles. The number of amides is 1. The largest absolute Gasteiger partial charge is 0.491 e. The standard InChI is InChI=1S/C30H28F2N6O4S/c1-43(40,41)36-23-11-19(15-33)10-21(12-23)26-17-35-28-25(26)13-22(16-34-28)20-2-3-24-27(14-20)42-9-8-38(29(24)39)7-6-37-5-4-30(31,32)18-37/h2-3,10-14,16-17,36H,4-9,18H2,1H3,(H,34,35). The van der Waals surface area contributed by atoms with Crippen molar-refractivity contribution in [3.05, 3.63) is 66.0 Å². The molecule has 0 atom stereocenters. The van der Waals surface area contributed by atoms with Gasteiger partial charge in [-0.15, -0.1) is 0 Å². The number of nitriles is 1. The van der Waals surface area contributed by atoms with Gasteiger partial charge in [-0.05, 0) is 47.5 Å². The summed E-state index contributed by atoms with van der Waals surface area (Å²) in [6, 6.07) is 14.1. The first-order chi connectivity index (χ1) is 20.5. The lowest BCUT2D eigenvalue weighted by atomic mass is 9.99. The molecule has 2 aromatic heterocycles. The first kappa shape index (κ1) is 28.6. The number of H-pyrrole nitrogens is 1. The second-order valence-electron chi connectivity index (χ2n) is 10.8. The number of nitrogens with one attached hydrogen (secondary N) is 2. The Labute approximate surface area is 246 Å². The number of halogens is 2. The highest BCUT2D eigenvalue weighted by Crippen LogP contribution is 2.35. The molecule has 0 aliphatic carbocycles. The van der Waals surface area contributed by atoms with E-state index in [1.807, 2.05) is 12.1 Å². The number of aromatic amines is 1. The van der Waals surface area contributed by atoms with Gasteiger partial charge < -0.3 is 14.6 Å². The maximum absolute atomic E-state index is 13.6. The average molecular weight is 607 g/mol. The third-order valence-corrected chi connectivity index (χ3v) is 8.20. The van der Waals surface area contributed by atoms with Crippen molar-refractivity contribution in [2.45, 2.75) is 12.3 Å². The molecule has 6 rings (SSSR count). The van der Waals surface area contributed by atoms with Gasteiger partial charge in [-0.25, -0.2) is 22.2 Å². The van der Waals surface area contributed by atoms with Gasteiger partial charge in [0.15, 0.2) is 0 Å². The number of nitrogens with zero attached hydrogens (tertiary/aromatic N) is 4. The molecule has 4 aromatic rings. The van der Waals surface area contributed by atoms with Crippen LogP contribution in [0.4, 0.5) is 14.5 Å². The lowest BCUT2D eigenvalue weighted by molar-refractivity contribution is 0.0115. The zero-order valence-corrected chi connectivity index (χ0v) is 24.0. The molecule has 0 saturated carbocycles. The Hall–Kier alpha value is -4.54. The van der Waals surface area contributed by atoms with Gasteiger partial charge in [-0.1, -0.05) is 6.07 Å². The van der Waals surface area contributed by atoms with Gasteiger partial charge in [0.25, 0.3) is 11.8 Å². The van der Waals surface area contributed by atoms with Crippen LogP contribution in [0.3, 0.4) is 0 Å². The SMILES string of the molecule is CS(=O)(=O)Nc1cc(C#N)cc(-c2c[nH]c3ncc(-c4ccc5c(c4)OCCN(CCN4CCC(F)(F)C4)C5=O)cc23)c1. The number of carbonyl (C=O) groups is 1. The second-order valence-corrected chi connectivity index (χ2v) is 12.6. The van der Waals surface area contributed by atoms with E-state index in [4.69, 9.17) is 4.74 Å². The Morgan fingerprint density at radius 1 is 1.09 bits per heavy atom. The lowest BCUT2D eigenvalue weighted by Crippen LogP contribution is -2.39. The number of pyridine rings is 1. The second kappa shape index (κ2) is 10.9. The molecule has 0 bridgehead atoms. The van der Waals surface area contributed by atoms with Gasteiger partial charge in [0, 0.05) is 55.0 Å². The van der Waals surface area contributed by atoms with E-state index in [1.165, 1.54) is 6.07 Å². The van der Waals surface area contributed by atoms with E-state index in [9.17, 15) is 27.3 Å². The van der Waals surface area contributed by atoms with Gasteiger partial charge in [-0.2, -0.15) is 5.26 Å². The number of ether oxygens (including phenoxy) is 1. The number of sulfonamides is 1. The molecule has 222 valence electrons. The average Bonchev–Trinajstić information content (AvgIpc) is 3.50. The summed E-state index contributed by atoms with van der Waals surface area (Å²) in [5.74, 6) is -2.44. The van der Waals surface area contributed by atoms with Crippen LogP contribution in [0.15, 0.2) is 54.9 Å². The van der Waals surface area contributed by atoms with Crippen LogP contribution >= 0.6 is 0 Å². The van der Waals surface area contributed by atoms with Crippen LogP contribution in [-0.4, -0.2) is 85.6 Å². The summed E-state index contributed by atoms with van der Waals surface area (Å²) < 4.78 is 59.1. The molecule has 2 aliphatic rings. The minimum absolute atomic E-state index is 0.158. The van der Waals surface area contributed by atoms with Gasteiger partial charge in [0.1, 0.15) is 18.0 Å². The molecule has 13 heteroatoms. The summed E-state index contributed by atoms with van der Waals surface area (Å²) in [7, 11) is -3.55. The molecule has 0 spiro atoms. The molecular formula is C30H28F2N6O4S. The van der Waals surface area contributed by atoms with E-state index < -0.39 is 15.9 Å². The monoisotopic (exact) mass is 606 g/mol. The van der Waals surface area contributed by atoms with E-state index >= 15 is 0 Å². The summed E-state index contributed by atoms with van der Waals surface area (Å²) in [5, 5.41) is 10.3. The van der Waals surface area contributed by atoms with Crippen molar-refractivity contribution in [3.63, 3.8) is 0 Å². The molecule has 2 aliphatic heterocycles. The minimum Gasteiger partial charge on any atom is -0.491 e. The Morgan fingerprint density at radius 3 is 2.67 bits per heavy atom. The van der Waals surface area contributed by atoms with Crippen LogP contribution in [0.25, 0.3) is 33.3 Å². The molecule has 4 heterocycles. The van der Waals surface area contributed by atoms with E-state index in [2.05, 4.69) is 20.8 Å². The third kappa shape index (κ3) is 6.16. The normalized spacial score (nSPS) is 16.9. The fraction of sp³-hybridized carbons (Fsp3) is 0.300. The molecule has 0 unspecified atom stereocenters. The zero-order valence-electron chi connectivity index (χ0n) is 23.2. The molecule has 1 saturated heterocycles. The Morgan fingerprint density at radius 2 is 1.93 bits per heavy atom. The van der Waals surface area contributed by atoms with Crippen molar-refractivity contribution in [1.82, 2.24) is 19.8 Å². The Balaban J connectivity index is 1.27. The fourth-order valence-corrected chi connectivity index (χ4v) is 6.08. The molecule has 2 N–H and O–H groups in total. The number of rotatable bonds is 7. The first-order valence-electron chi connectivity index (χ1n) is 13.7. The quantitative estimate of drug-likeness (QED) is 0.320. The number of carbonyl (C=O) groups excluding carboxylic acids is 1. The van der Waals surface area contributed by atoms with Crippen molar-refractivity contribution in [1.29, 1.82) is 5.26 Å². The van der Waals surface area contributed by atoms with Crippen LogP contribution in [0.5, 0.6) is 5.75 Å². The highest BCUT2D eigenvalue weighted by molar-refractivity contribution is 7.92. The Bertz CT molecular complexity index is 1890. The van der Waals surface area contributed by atoms with Gasteiger partial charge in [0.05, 0.1) is 42.2 Å². The highest BCUT2D eigenvalue weighted by atomic mass is 32.2. The number of fused-ring (bicyclic) bond motifs is 2. The molecule has 1 amide bonds. The predicted octanol–water partition coefficient (Wildman–Crippen LogP) is 4.32.